The molecule has 1 aromatic carbocycles. The third kappa shape index (κ3) is 3.61. The number of nitrogens with one attached hydrogen (secondary N) is 2. The van der Waals surface area contributed by atoms with Crippen LogP contribution in [-0.4, -0.2) is 25.3 Å². The van der Waals surface area contributed by atoms with Gasteiger partial charge in [0, 0.05) is 13.1 Å². The lowest BCUT2D eigenvalue weighted by Crippen LogP contribution is -2.42. The molecule has 0 saturated carbocycles. The molecule has 1 amide bonds. The molecule has 0 bridgehead atoms. The number of carbonyl (C=O) groups is 1. The second-order valence-electron chi connectivity index (χ2n) is 4.58. The van der Waals surface area contributed by atoms with Crippen LogP contribution < -0.4 is 20.1 Å². The van der Waals surface area contributed by atoms with Crippen LogP contribution in [0.25, 0.3) is 0 Å². The minimum absolute atomic E-state index is 0.0302. The molecule has 104 valence electrons. The van der Waals surface area contributed by atoms with Crippen molar-refractivity contribution in [1.29, 1.82) is 0 Å². The van der Waals surface area contributed by atoms with E-state index in [9.17, 15) is 4.79 Å². The van der Waals surface area contributed by atoms with E-state index in [2.05, 4.69) is 10.6 Å². The largest absolute Gasteiger partial charge is 0.454 e. The second-order valence-corrected chi connectivity index (χ2v) is 4.58. The number of amides is 1. The van der Waals surface area contributed by atoms with Gasteiger partial charge in [-0.25, -0.2) is 0 Å². The maximum Gasteiger partial charge on any atom is 0.236 e. The summed E-state index contributed by atoms with van der Waals surface area (Å²) in [5, 5.41) is 6.05. The van der Waals surface area contributed by atoms with Crippen LogP contribution in [0.1, 0.15) is 25.8 Å². The Balaban J connectivity index is 1.83. The van der Waals surface area contributed by atoms with Gasteiger partial charge < -0.3 is 20.1 Å². The minimum Gasteiger partial charge on any atom is -0.454 e. The smallest absolute Gasteiger partial charge is 0.236 e. The summed E-state index contributed by atoms with van der Waals surface area (Å²) in [6.07, 6.45) is 0.945. The first-order valence-electron chi connectivity index (χ1n) is 6.60. The molecule has 2 N–H and O–H groups in total. The van der Waals surface area contributed by atoms with Gasteiger partial charge in [0.2, 0.25) is 12.7 Å². The van der Waals surface area contributed by atoms with Crippen LogP contribution in [0.15, 0.2) is 18.2 Å². The molecule has 1 aliphatic rings. The molecule has 5 nitrogen and oxygen atoms in total. The first-order valence-corrected chi connectivity index (χ1v) is 6.60. The van der Waals surface area contributed by atoms with Crippen molar-refractivity contribution in [2.75, 3.05) is 13.3 Å². The molecule has 5 heteroatoms. The number of benzene rings is 1. The van der Waals surface area contributed by atoms with Crippen molar-refractivity contribution >= 4 is 5.91 Å². The second kappa shape index (κ2) is 6.43. The molecule has 19 heavy (non-hydrogen) atoms. The van der Waals surface area contributed by atoms with Gasteiger partial charge in [-0.1, -0.05) is 13.0 Å². The number of ether oxygens (including phenoxy) is 2. The van der Waals surface area contributed by atoms with Crippen LogP contribution in [0.5, 0.6) is 11.5 Å². The molecule has 0 fully saturated rings. The zero-order valence-electron chi connectivity index (χ0n) is 11.4. The quantitative estimate of drug-likeness (QED) is 0.816. The molecule has 0 spiro atoms. The number of hydrogen-bond acceptors (Lipinski definition) is 4. The van der Waals surface area contributed by atoms with Crippen LogP contribution >= 0.6 is 0 Å². The Labute approximate surface area is 113 Å². The molecular weight excluding hydrogens is 244 g/mol. The van der Waals surface area contributed by atoms with Crippen molar-refractivity contribution < 1.29 is 14.3 Å². The summed E-state index contributed by atoms with van der Waals surface area (Å²) >= 11 is 0. The summed E-state index contributed by atoms with van der Waals surface area (Å²) in [4.78, 5) is 11.7. The molecule has 1 unspecified atom stereocenters. The van der Waals surface area contributed by atoms with Crippen molar-refractivity contribution in [3.05, 3.63) is 23.8 Å². The lowest BCUT2D eigenvalue weighted by atomic mass is 10.2. The predicted octanol–water partition coefficient (Wildman–Crippen LogP) is 1.42. The van der Waals surface area contributed by atoms with E-state index >= 15 is 0 Å². The summed E-state index contributed by atoms with van der Waals surface area (Å²) in [5.74, 6) is 1.57. The molecule has 0 aliphatic carbocycles. The van der Waals surface area contributed by atoms with Crippen LogP contribution in [0.2, 0.25) is 0 Å². The van der Waals surface area contributed by atoms with E-state index < -0.39 is 0 Å². The summed E-state index contributed by atoms with van der Waals surface area (Å²) < 4.78 is 10.6. The third-order valence-corrected chi connectivity index (χ3v) is 2.99. The van der Waals surface area contributed by atoms with E-state index in [4.69, 9.17) is 9.47 Å². The number of carbonyl (C=O) groups excluding carboxylic acids is 1. The Morgan fingerprint density at radius 1 is 1.37 bits per heavy atom. The van der Waals surface area contributed by atoms with Gasteiger partial charge in [0.15, 0.2) is 11.5 Å². The molecular formula is C14H20N2O3. The Morgan fingerprint density at radius 2 is 2.16 bits per heavy atom. The fourth-order valence-corrected chi connectivity index (χ4v) is 1.82. The average Bonchev–Trinajstić information content (AvgIpc) is 2.89. The molecule has 1 heterocycles. The van der Waals surface area contributed by atoms with Crippen molar-refractivity contribution in [1.82, 2.24) is 10.6 Å². The highest BCUT2D eigenvalue weighted by Gasteiger charge is 2.14. The molecule has 1 atom stereocenters. The highest BCUT2D eigenvalue weighted by molar-refractivity contribution is 5.81. The highest BCUT2D eigenvalue weighted by Crippen LogP contribution is 2.32. The SMILES string of the molecule is CCCNC(=O)C(C)NCc1ccc2c(c1)OCO2. The van der Waals surface area contributed by atoms with Crippen LogP contribution in [0.4, 0.5) is 0 Å². The molecule has 1 aromatic rings. The third-order valence-electron chi connectivity index (χ3n) is 2.99. The zero-order chi connectivity index (χ0) is 13.7. The van der Waals surface area contributed by atoms with Crippen molar-refractivity contribution in [2.45, 2.75) is 32.9 Å². The Hall–Kier alpha value is -1.75. The summed E-state index contributed by atoms with van der Waals surface area (Å²) in [6.45, 7) is 5.51. The molecule has 0 saturated heterocycles. The van der Waals surface area contributed by atoms with Gasteiger partial charge in [-0.3, -0.25) is 4.79 Å². The van der Waals surface area contributed by atoms with Gasteiger partial charge >= 0.3 is 0 Å². The number of rotatable bonds is 6. The van der Waals surface area contributed by atoms with Crippen LogP contribution in [0, 0.1) is 0 Å². The normalized spacial score (nSPS) is 14.2. The minimum atomic E-state index is -0.211. The lowest BCUT2D eigenvalue weighted by Gasteiger charge is -2.13. The standard InChI is InChI=1S/C14H20N2O3/c1-3-6-15-14(17)10(2)16-8-11-4-5-12-13(7-11)19-9-18-12/h4-5,7,10,16H,3,6,8-9H2,1-2H3,(H,15,17). The maximum absolute atomic E-state index is 11.7. The number of fused-ring (bicyclic) bond motifs is 1. The van der Waals surface area contributed by atoms with E-state index in [0.29, 0.717) is 6.54 Å². The van der Waals surface area contributed by atoms with Crippen LogP contribution in [0.3, 0.4) is 0 Å². The van der Waals surface area contributed by atoms with Gasteiger partial charge in [-0.2, -0.15) is 0 Å². The summed E-state index contributed by atoms with van der Waals surface area (Å²) in [5.41, 5.74) is 1.07. The predicted molar refractivity (Wildman–Crippen MR) is 72.2 cm³/mol. The van der Waals surface area contributed by atoms with E-state index in [1.165, 1.54) is 0 Å². The van der Waals surface area contributed by atoms with Gasteiger partial charge in [-0.15, -0.1) is 0 Å². The lowest BCUT2D eigenvalue weighted by molar-refractivity contribution is -0.122. The van der Waals surface area contributed by atoms with Gasteiger partial charge in [-0.05, 0) is 31.0 Å². The molecule has 0 aromatic heterocycles. The topological polar surface area (TPSA) is 59.6 Å². The van der Waals surface area contributed by atoms with E-state index in [0.717, 1.165) is 30.0 Å². The van der Waals surface area contributed by atoms with E-state index in [-0.39, 0.29) is 18.7 Å². The Kier molecular flexibility index (Phi) is 4.63. The van der Waals surface area contributed by atoms with Crippen molar-refractivity contribution in [3.8, 4) is 11.5 Å². The molecule has 1 aliphatic heterocycles. The summed E-state index contributed by atoms with van der Waals surface area (Å²) in [6, 6.07) is 5.58. The van der Waals surface area contributed by atoms with Crippen LogP contribution in [-0.2, 0) is 11.3 Å². The van der Waals surface area contributed by atoms with Crippen molar-refractivity contribution in [2.24, 2.45) is 0 Å². The average molecular weight is 264 g/mol. The first-order chi connectivity index (χ1) is 9.20. The van der Waals surface area contributed by atoms with Gasteiger partial charge in [0.25, 0.3) is 0 Å². The monoisotopic (exact) mass is 264 g/mol. The van der Waals surface area contributed by atoms with Gasteiger partial charge in [0.05, 0.1) is 6.04 Å². The number of hydrogen-bond donors (Lipinski definition) is 2. The summed E-state index contributed by atoms with van der Waals surface area (Å²) in [7, 11) is 0. The molecule has 2 rings (SSSR count). The highest BCUT2D eigenvalue weighted by atomic mass is 16.7. The van der Waals surface area contributed by atoms with E-state index in [1.54, 1.807) is 0 Å². The fraction of sp³-hybridized carbons (Fsp3) is 0.500. The van der Waals surface area contributed by atoms with E-state index in [1.807, 2.05) is 32.0 Å². The maximum atomic E-state index is 11.7. The molecule has 0 radical (unpaired) electrons. The van der Waals surface area contributed by atoms with Crippen molar-refractivity contribution in [3.63, 3.8) is 0 Å². The zero-order valence-corrected chi connectivity index (χ0v) is 11.4. The first kappa shape index (κ1) is 13.7. The fourth-order valence-electron chi connectivity index (χ4n) is 1.82. The van der Waals surface area contributed by atoms with Gasteiger partial charge in [0.1, 0.15) is 0 Å². The Bertz CT molecular complexity index is 448. The Morgan fingerprint density at radius 3 is 2.95 bits per heavy atom.